The number of hydrogen-bond donors (Lipinski definition) is 1. The van der Waals surface area contributed by atoms with E-state index in [2.05, 4.69) is 34.6 Å². The predicted molar refractivity (Wildman–Crippen MR) is 82.3 cm³/mol. The van der Waals surface area contributed by atoms with Crippen molar-refractivity contribution in [3.05, 3.63) is 59.4 Å². The van der Waals surface area contributed by atoms with Crippen LogP contribution in [0.1, 0.15) is 48.2 Å². The van der Waals surface area contributed by atoms with Gasteiger partial charge in [-0.05, 0) is 37.0 Å². The molecule has 2 atom stereocenters. The summed E-state index contributed by atoms with van der Waals surface area (Å²) in [6.45, 7) is 0.788. The number of benzene rings is 1. The van der Waals surface area contributed by atoms with Gasteiger partial charge in [0.05, 0.1) is 18.3 Å². The molecule has 1 N–H and O–H groups in total. The molecule has 2 unspecified atom stereocenters. The zero-order valence-electron chi connectivity index (χ0n) is 12.1. The first kappa shape index (κ1) is 12.8. The van der Waals surface area contributed by atoms with Crippen molar-refractivity contribution in [1.82, 2.24) is 10.3 Å². The lowest BCUT2D eigenvalue weighted by atomic mass is 9.90. The van der Waals surface area contributed by atoms with Crippen LogP contribution in [0, 0.1) is 0 Å². The highest BCUT2D eigenvalue weighted by molar-refractivity contribution is 5.38. The summed E-state index contributed by atoms with van der Waals surface area (Å²) in [4.78, 5) is 4.63. The van der Waals surface area contributed by atoms with Crippen LogP contribution in [0.3, 0.4) is 0 Å². The Balaban J connectivity index is 1.61. The zero-order chi connectivity index (χ0) is 14.1. The Morgan fingerprint density at radius 3 is 3.00 bits per heavy atom. The van der Waals surface area contributed by atoms with Crippen LogP contribution >= 0.6 is 0 Å². The van der Waals surface area contributed by atoms with Crippen LogP contribution in [0.25, 0.3) is 0 Å². The summed E-state index contributed by atoms with van der Waals surface area (Å²) < 4.78 is 5.76. The largest absolute Gasteiger partial charge is 0.493 e. The minimum atomic E-state index is 0.367. The number of ether oxygens (including phenoxy) is 1. The molecule has 2 heterocycles. The average Bonchev–Trinajstić information content (AvgIpc) is 2.56. The third kappa shape index (κ3) is 2.42. The molecule has 0 amide bonds. The third-order valence-corrected chi connectivity index (χ3v) is 4.56. The number of aryl methyl sites for hydroxylation is 1. The number of para-hydroxylation sites is 1. The Morgan fingerprint density at radius 2 is 2.00 bits per heavy atom. The van der Waals surface area contributed by atoms with Gasteiger partial charge in [0.15, 0.2) is 0 Å². The van der Waals surface area contributed by atoms with Crippen LogP contribution in [0.4, 0.5) is 0 Å². The molecule has 0 spiro atoms. The van der Waals surface area contributed by atoms with E-state index in [-0.39, 0.29) is 0 Å². The van der Waals surface area contributed by atoms with Crippen LogP contribution in [-0.4, -0.2) is 11.6 Å². The molecule has 0 radical (unpaired) electrons. The first-order chi connectivity index (χ1) is 10.4. The second kappa shape index (κ2) is 5.49. The van der Waals surface area contributed by atoms with Gasteiger partial charge in [0, 0.05) is 24.2 Å². The van der Waals surface area contributed by atoms with E-state index in [0.717, 1.165) is 25.2 Å². The monoisotopic (exact) mass is 280 g/mol. The van der Waals surface area contributed by atoms with Gasteiger partial charge in [0.25, 0.3) is 0 Å². The highest BCUT2D eigenvalue weighted by Gasteiger charge is 2.27. The van der Waals surface area contributed by atoms with Gasteiger partial charge in [0.1, 0.15) is 5.75 Å². The fourth-order valence-electron chi connectivity index (χ4n) is 3.53. The van der Waals surface area contributed by atoms with Crippen LogP contribution in [0.15, 0.2) is 42.6 Å². The van der Waals surface area contributed by atoms with E-state index in [1.165, 1.54) is 29.7 Å². The number of fused-ring (bicyclic) bond motifs is 2. The maximum Gasteiger partial charge on any atom is 0.124 e. The highest BCUT2D eigenvalue weighted by atomic mass is 16.5. The summed E-state index contributed by atoms with van der Waals surface area (Å²) in [6, 6.07) is 13.4. The maximum absolute atomic E-state index is 5.76. The first-order valence-corrected chi connectivity index (χ1v) is 7.83. The SMILES string of the molecule is c1cnc2c(c1)CCCC2NC1CCOc2ccccc21. The Bertz CT molecular complexity index is 585. The molecule has 1 aliphatic heterocycles. The molecule has 3 nitrogen and oxygen atoms in total. The van der Waals surface area contributed by atoms with Crippen molar-refractivity contribution in [2.24, 2.45) is 0 Å². The lowest BCUT2D eigenvalue weighted by Crippen LogP contribution is -2.32. The number of pyridine rings is 1. The summed E-state index contributed by atoms with van der Waals surface area (Å²) in [6.07, 6.45) is 6.50. The maximum atomic E-state index is 5.76. The summed E-state index contributed by atoms with van der Waals surface area (Å²) in [5, 5.41) is 3.83. The Labute approximate surface area is 125 Å². The van der Waals surface area contributed by atoms with Crippen molar-refractivity contribution in [3.8, 4) is 5.75 Å². The van der Waals surface area contributed by atoms with Gasteiger partial charge in [-0.15, -0.1) is 0 Å². The van der Waals surface area contributed by atoms with Gasteiger partial charge in [-0.25, -0.2) is 0 Å². The molecule has 21 heavy (non-hydrogen) atoms. The van der Waals surface area contributed by atoms with Crippen molar-refractivity contribution < 1.29 is 4.74 Å². The highest BCUT2D eigenvalue weighted by Crippen LogP contribution is 2.36. The molecule has 1 aliphatic carbocycles. The molecule has 1 aromatic carbocycles. The summed E-state index contributed by atoms with van der Waals surface area (Å²) in [7, 11) is 0. The summed E-state index contributed by atoms with van der Waals surface area (Å²) in [5.74, 6) is 1.03. The molecule has 0 saturated heterocycles. The van der Waals surface area contributed by atoms with Gasteiger partial charge >= 0.3 is 0 Å². The second-order valence-corrected chi connectivity index (χ2v) is 5.89. The molecular formula is C18H20N2O. The van der Waals surface area contributed by atoms with Crippen LogP contribution < -0.4 is 10.1 Å². The molecular weight excluding hydrogens is 260 g/mol. The number of nitrogens with zero attached hydrogens (tertiary/aromatic N) is 1. The van der Waals surface area contributed by atoms with Crippen molar-refractivity contribution in [2.75, 3.05) is 6.61 Å². The van der Waals surface area contributed by atoms with Crippen molar-refractivity contribution in [2.45, 2.75) is 37.8 Å². The molecule has 2 aromatic rings. The minimum absolute atomic E-state index is 0.367. The molecule has 3 heteroatoms. The van der Waals surface area contributed by atoms with Crippen molar-refractivity contribution in [1.29, 1.82) is 0 Å². The smallest absolute Gasteiger partial charge is 0.124 e. The normalized spacial score (nSPS) is 23.8. The number of rotatable bonds is 2. The van der Waals surface area contributed by atoms with E-state index >= 15 is 0 Å². The van der Waals surface area contributed by atoms with E-state index in [0.29, 0.717) is 12.1 Å². The minimum Gasteiger partial charge on any atom is -0.493 e. The van der Waals surface area contributed by atoms with Gasteiger partial charge in [-0.3, -0.25) is 4.98 Å². The third-order valence-electron chi connectivity index (χ3n) is 4.56. The lowest BCUT2D eigenvalue weighted by molar-refractivity contribution is 0.239. The van der Waals surface area contributed by atoms with Gasteiger partial charge < -0.3 is 10.1 Å². The van der Waals surface area contributed by atoms with E-state index in [1.807, 2.05) is 18.3 Å². The summed E-state index contributed by atoms with van der Waals surface area (Å²) >= 11 is 0. The topological polar surface area (TPSA) is 34.2 Å². The average molecular weight is 280 g/mol. The van der Waals surface area contributed by atoms with Crippen LogP contribution in [-0.2, 0) is 6.42 Å². The van der Waals surface area contributed by atoms with E-state index in [9.17, 15) is 0 Å². The standard InChI is InChI=1S/C18H20N2O/c1-2-9-17-14(7-1)15(10-12-21-17)20-16-8-3-5-13-6-4-11-19-18(13)16/h1-2,4,6-7,9,11,15-16,20H,3,5,8,10,12H2. The van der Waals surface area contributed by atoms with E-state index in [4.69, 9.17) is 4.74 Å². The lowest BCUT2D eigenvalue weighted by Gasteiger charge is -2.32. The molecule has 0 fully saturated rings. The van der Waals surface area contributed by atoms with Crippen molar-refractivity contribution in [3.63, 3.8) is 0 Å². The number of aromatic nitrogens is 1. The van der Waals surface area contributed by atoms with Crippen molar-refractivity contribution >= 4 is 0 Å². The molecule has 0 bridgehead atoms. The summed E-state index contributed by atoms with van der Waals surface area (Å²) in [5.41, 5.74) is 3.93. The number of hydrogen-bond acceptors (Lipinski definition) is 3. The second-order valence-electron chi connectivity index (χ2n) is 5.89. The zero-order valence-corrected chi connectivity index (χ0v) is 12.1. The van der Waals surface area contributed by atoms with Crippen LogP contribution in [0.5, 0.6) is 5.75 Å². The molecule has 2 aliphatic rings. The Kier molecular flexibility index (Phi) is 3.36. The fourth-order valence-corrected chi connectivity index (χ4v) is 3.53. The van der Waals surface area contributed by atoms with E-state index in [1.54, 1.807) is 0 Å². The van der Waals surface area contributed by atoms with Gasteiger partial charge in [-0.2, -0.15) is 0 Å². The molecule has 4 rings (SSSR count). The first-order valence-electron chi connectivity index (χ1n) is 7.83. The molecule has 0 saturated carbocycles. The van der Waals surface area contributed by atoms with Crippen LogP contribution in [0.2, 0.25) is 0 Å². The van der Waals surface area contributed by atoms with Gasteiger partial charge in [-0.1, -0.05) is 24.3 Å². The predicted octanol–water partition coefficient (Wildman–Crippen LogP) is 3.57. The molecule has 1 aromatic heterocycles. The number of nitrogens with one attached hydrogen (secondary N) is 1. The molecule has 108 valence electrons. The Hall–Kier alpha value is -1.87. The fraction of sp³-hybridized carbons (Fsp3) is 0.389. The quantitative estimate of drug-likeness (QED) is 0.913. The van der Waals surface area contributed by atoms with E-state index < -0.39 is 0 Å². The Morgan fingerprint density at radius 1 is 1.05 bits per heavy atom. The van der Waals surface area contributed by atoms with Gasteiger partial charge in [0.2, 0.25) is 0 Å².